The Hall–Kier alpha value is -3.98. The van der Waals surface area contributed by atoms with Crippen LogP contribution in [-0.4, -0.2) is 97.9 Å². The number of ether oxygens (including phenoxy) is 3. The first-order valence-electron chi connectivity index (χ1n) is 20.2. The molecule has 15 heteroatoms. The first kappa shape index (κ1) is 37.9. The lowest BCUT2D eigenvalue weighted by molar-refractivity contribution is -0.155. The van der Waals surface area contributed by atoms with E-state index in [1.165, 1.54) is 10.5 Å². The fourth-order valence-electron chi connectivity index (χ4n) is 9.42. The molecule has 0 radical (unpaired) electrons. The lowest BCUT2D eigenvalue weighted by Crippen LogP contribution is -2.58. The summed E-state index contributed by atoms with van der Waals surface area (Å²) < 4.78 is 44.9. The monoisotopic (exact) mass is 780 g/mol. The Bertz CT molecular complexity index is 1840. The average molecular weight is 781 g/mol. The van der Waals surface area contributed by atoms with Crippen LogP contribution in [0.4, 0.5) is 4.79 Å². The second-order valence-corrected chi connectivity index (χ2v) is 18.8. The largest absolute Gasteiger partial charge is 0.460 e. The van der Waals surface area contributed by atoms with Gasteiger partial charge in [0.25, 0.3) is 5.91 Å². The van der Waals surface area contributed by atoms with Gasteiger partial charge in [0.05, 0.1) is 30.9 Å². The molecular formula is C40H52N4O10S. The SMILES string of the molecule is O=C(N[C@H]1CCCCCC=C[C@@H]2C[C@@]2(C(=O)NS(=O)(=O)C2CC2)NC(=O)[C@@H]2C[C@@H](OC(=O)C3Cc4ccccc4C4(CCC4)C3)CN2C1=O)O[C@@H]1CCOC1. The number of allylic oxidation sites excluding steroid dienone is 1. The van der Waals surface area contributed by atoms with Crippen LogP contribution < -0.4 is 15.4 Å². The van der Waals surface area contributed by atoms with Gasteiger partial charge in [-0.3, -0.25) is 23.9 Å². The Morgan fingerprint density at radius 2 is 1.76 bits per heavy atom. The molecule has 2 saturated heterocycles. The van der Waals surface area contributed by atoms with Gasteiger partial charge in [0.1, 0.15) is 29.8 Å². The molecule has 4 aliphatic carbocycles. The molecule has 3 aliphatic heterocycles. The third-order valence-electron chi connectivity index (χ3n) is 12.9. The molecule has 1 unspecified atom stereocenters. The molecule has 55 heavy (non-hydrogen) atoms. The Morgan fingerprint density at radius 1 is 0.945 bits per heavy atom. The molecule has 5 fully saturated rings. The number of alkyl carbamates (subject to hydrolysis) is 1. The number of fused-ring (bicyclic) bond motifs is 4. The summed E-state index contributed by atoms with van der Waals surface area (Å²) in [6, 6.07) is 6.09. The van der Waals surface area contributed by atoms with Gasteiger partial charge in [-0.15, -0.1) is 0 Å². The first-order valence-corrected chi connectivity index (χ1v) is 21.7. The number of hydrogen-bond acceptors (Lipinski definition) is 10. The van der Waals surface area contributed by atoms with E-state index in [0.717, 1.165) is 37.7 Å². The van der Waals surface area contributed by atoms with Crippen LogP contribution in [0.5, 0.6) is 0 Å². The van der Waals surface area contributed by atoms with Crippen molar-refractivity contribution in [2.45, 2.75) is 137 Å². The molecule has 3 heterocycles. The van der Waals surface area contributed by atoms with Crippen molar-refractivity contribution in [3.8, 4) is 0 Å². The Balaban J connectivity index is 1.04. The van der Waals surface area contributed by atoms with E-state index in [1.54, 1.807) is 0 Å². The van der Waals surface area contributed by atoms with Crippen LogP contribution in [-0.2, 0) is 55.2 Å². The number of carbonyl (C=O) groups excluding carboxylic acids is 5. The number of esters is 1. The zero-order chi connectivity index (χ0) is 38.4. The van der Waals surface area contributed by atoms with Crippen molar-refractivity contribution in [1.29, 1.82) is 0 Å². The highest BCUT2D eigenvalue weighted by Gasteiger charge is 2.62. The third kappa shape index (κ3) is 7.88. The van der Waals surface area contributed by atoms with E-state index in [0.29, 0.717) is 58.0 Å². The van der Waals surface area contributed by atoms with Gasteiger partial charge in [-0.05, 0) is 80.8 Å². The second-order valence-electron chi connectivity index (χ2n) is 16.8. The summed E-state index contributed by atoms with van der Waals surface area (Å²) in [5.74, 6) is -3.15. The highest BCUT2D eigenvalue weighted by molar-refractivity contribution is 7.91. The molecule has 4 amide bonds. The van der Waals surface area contributed by atoms with Crippen molar-refractivity contribution in [2.75, 3.05) is 19.8 Å². The van der Waals surface area contributed by atoms with Gasteiger partial charge in [0.15, 0.2) is 0 Å². The van der Waals surface area contributed by atoms with Crippen LogP contribution in [0.15, 0.2) is 36.4 Å². The number of sulfonamides is 1. The smallest absolute Gasteiger partial charge is 0.408 e. The standard InChI is InChI=1S/C40H52N4O10S/c45-34-33-20-29(53-36(47)26-19-25-9-6-7-11-31(25)39(21-26)16-8-17-39)23-44(33)35(46)32(41-38(49)54-28-15-18-52-24-28)12-5-3-1-2-4-10-27-22-40(27,42-34)37(48)43-55(50,51)30-13-14-30/h4,6-7,9-11,26-30,32-33H,1-3,5,8,12-24H2,(H,41,49)(H,42,45)(H,43,48)/t26?,27-,28-,29-,32+,33+,40-/m1/s1. The van der Waals surface area contributed by atoms with E-state index < -0.39 is 74.8 Å². The fourth-order valence-corrected chi connectivity index (χ4v) is 10.8. The highest BCUT2D eigenvalue weighted by Crippen LogP contribution is 2.53. The number of hydrogen-bond donors (Lipinski definition) is 3. The van der Waals surface area contributed by atoms with Gasteiger partial charge in [-0.2, -0.15) is 0 Å². The van der Waals surface area contributed by atoms with Crippen molar-refractivity contribution in [3.63, 3.8) is 0 Å². The molecule has 0 aromatic heterocycles. The van der Waals surface area contributed by atoms with Crippen LogP contribution in [0.3, 0.4) is 0 Å². The van der Waals surface area contributed by atoms with Crippen LogP contribution in [0.1, 0.15) is 101 Å². The van der Waals surface area contributed by atoms with Gasteiger partial charge in [-0.1, -0.05) is 55.7 Å². The fraction of sp³-hybridized carbons (Fsp3) is 0.675. The first-order chi connectivity index (χ1) is 26.5. The van der Waals surface area contributed by atoms with Gasteiger partial charge >= 0.3 is 12.1 Å². The van der Waals surface area contributed by atoms with Crippen LogP contribution >= 0.6 is 0 Å². The number of nitrogens with one attached hydrogen (secondary N) is 3. The van der Waals surface area contributed by atoms with E-state index in [-0.39, 0.29) is 43.3 Å². The highest BCUT2D eigenvalue weighted by atomic mass is 32.2. The lowest BCUT2D eigenvalue weighted by atomic mass is 9.56. The molecule has 3 N–H and O–H groups in total. The zero-order valence-corrected chi connectivity index (χ0v) is 32.0. The minimum atomic E-state index is -3.90. The predicted octanol–water partition coefficient (Wildman–Crippen LogP) is 3.07. The van der Waals surface area contributed by atoms with Gasteiger partial charge in [-0.25, -0.2) is 13.2 Å². The molecule has 298 valence electrons. The minimum Gasteiger partial charge on any atom is -0.460 e. The van der Waals surface area contributed by atoms with Crippen molar-refractivity contribution >= 4 is 39.8 Å². The number of benzene rings is 1. The van der Waals surface area contributed by atoms with Gasteiger partial charge < -0.3 is 29.7 Å². The second kappa shape index (κ2) is 15.2. The molecule has 8 rings (SSSR count). The minimum absolute atomic E-state index is 0.0209. The van der Waals surface area contributed by atoms with Crippen molar-refractivity contribution in [1.82, 2.24) is 20.3 Å². The Kier molecular flexibility index (Phi) is 10.5. The number of amides is 4. The van der Waals surface area contributed by atoms with E-state index in [1.807, 2.05) is 24.3 Å². The van der Waals surface area contributed by atoms with E-state index in [4.69, 9.17) is 14.2 Å². The Morgan fingerprint density at radius 3 is 2.51 bits per heavy atom. The molecule has 7 aliphatic rings. The number of rotatable bonds is 7. The predicted molar refractivity (Wildman–Crippen MR) is 198 cm³/mol. The van der Waals surface area contributed by atoms with E-state index >= 15 is 0 Å². The third-order valence-corrected chi connectivity index (χ3v) is 14.7. The summed E-state index contributed by atoms with van der Waals surface area (Å²) in [5, 5.41) is 4.98. The van der Waals surface area contributed by atoms with Crippen molar-refractivity contribution in [2.24, 2.45) is 11.8 Å². The molecule has 1 spiro atoms. The van der Waals surface area contributed by atoms with Crippen LogP contribution in [0, 0.1) is 11.8 Å². The van der Waals surface area contributed by atoms with Gasteiger partial charge in [0.2, 0.25) is 21.8 Å². The molecule has 1 aromatic rings. The van der Waals surface area contributed by atoms with Crippen molar-refractivity contribution < 1.29 is 46.6 Å². The summed E-state index contributed by atoms with van der Waals surface area (Å²) in [6.45, 7) is 0.660. The van der Waals surface area contributed by atoms with Crippen molar-refractivity contribution in [3.05, 3.63) is 47.5 Å². The summed E-state index contributed by atoms with van der Waals surface area (Å²) in [5.41, 5.74) is 0.898. The lowest BCUT2D eigenvalue weighted by Gasteiger charge is -2.48. The normalized spacial score (nSPS) is 33.1. The van der Waals surface area contributed by atoms with E-state index in [9.17, 15) is 32.4 Å². The summed E-state index contributed by atoms with van der Waals surface area (Å²) in [6.07, 6.45) is 11.0. The maximum Gasteiger partial charge on any atom is 0.408 e. The molecule has 1 aromatic carbocycles. The molecule has 0 bridgehead atoms. The van der Waals surface area contributed by atoms with E-state index in [2.05, 4.69) is 27.5 Å². The quantitative estimate of drug-likeness (QED) is 0.274. The maximum atomic E-state index is 14.5. The number of carbonyl (C=O) groups is 5. The molecule has 7 atom stereocenters. The van der Waals surface area contributed by atoms with Crippen LogP contribution in [0.25, 0.3) is 0 Å². The average Bonchev–Trinajstić information content (AvgIpc) is 4.02. The maximum absolute atomic E-state index is 14.5. The van der Waals surface area contributed by atoms with Crippen LogP contribution in [0.2, 0.25) is 0 Å². The topological polar surface area (TPSA) is 187 Å². The molecule has 14 nitrogen and oxygen atoms in total. The zero-order valence-electron chi connectivity index (χ0n) is 31.2. The van der Waals surface area contributed by atoms with Gasteiger partial charge in [0, 0.05) is 18.8 Å². The Labute approximate surface area is 321 Å². The summed E-state index contributed by atoms with van der Waals surface area (Å²) >= 11 is 0. The summed E-state index contributed by atoms with van der Waals surface area (Å²) in [7, 11) is -3.90. The summed E-state index contributed by atoms with van der Waals surface area (Å²) in [4.78, 5) is 70.9. The molecule has 3 saturated carbocycles. The molecular weight excluding hydrogens is 729 g/mol. The number of nitrogens with zero attached hydrogens (tertiary/aromatic N) is 1.